The van der Waals surface area contributed by atoms with Crippen LogP contribution < -0.4 is 5.59 Å². The van der Waals surface area contributed by atoms with Gasteiger partial charge >= 0.3 is 0 Å². The monoisotopic (exact) mass is 378 g/mol. The minimum absolute atomic E-state index is 0.715. The molecule has 0 aliphatic heterocycles. The number of hydrogen-bond donors (Lipinski definition) is 1. The molecule has 28 heavy (non-hydrogen) atoms. The summed E-state index contributed by atoms with van der Waals surface area (Å²) in [6.07, 6.45) is 24.8. The molecule has 0 radical (unpaired) electrons. The Kier molecular flexibility index (Phi) is 7.52. The van der Waals surface area contributed by atoms with Crippen LogP contribution in [0.15, 0.2) is 18.3 Å². The van der Waals surface area contributed by atoms with Gasteiger partial charge in [0, 0.05) is 6.20 Å². The molecule has 0 atom stereocenters. The minimum Gasteiger partial charge on any atom is -0.366 e. The van der Waals surface area contributed by atoms with Crippen LogP contribution in [0.3, 0.4) is 0 Å². The van der Waals surface area contributed by atoms with Crippen molar-refractivity contribution < 1.29 is 0 Å². The molecular formula is C25H39BN2. The summed E-state index contributed by atoms with van der Waals surface area (Å²) in [5.41, 5.74) is 5.34. The van der Waals surface area contributed by atoms with E-state index in [1.165, 1.54) is 132 Å². The Labute approximate surface area is 172 Å². The van der Waals surface area contributed by atoms with Crippen LogP contribution in [-0.4, -0.2) is 17.2 Å². The third-order valence-electron chi connectivity index (χ3n) is 7.36. The smallest absolute Gasteiger partial charge is 0.182 e. The van der Waals surface area contributed by atoms with Crippen LogP contribution in [0.5, 0.6) is 0 Å². The van der Waals surface area contributed by atoms with Gasteiger partial charge in [-0.05, 0) is 42.0 Å². The summed E-state index contributed by atoms with van der Waals surface area (Å²) in [4.78, 5) is 8.61. The summed E-state index contributed by atoms with van der Waals surface area (Å²) in [5, 5.41) is 0. The van der Waals surface area contributed by atoms with Crippen molar-refractivity contribution in [2.75, 3.05) is 0 Å². The molecule has 0 bridgehead atoms. The first-order valence-electron chi connectivity index (χ1n) is 12.4. The Balaban J connectivity index is 1.44. The van der Waals surface area contributed by atoms with Crippen molar-refractivity contribution in [3.05, 3.63) is 23.9 Å². The van der Waals surface area contributed by atoms with E-state index in [2.05, 4.69) is 23.3 Å². The van der Waals surface area contributed by atoms with E-state index in [1.54, 1.807) is 0 Å². The van der Waals surface area contributed by atoms with E-state index in [0.717, 1.165) is 5.82 Å². The zero-order chi connectivity index (χ0) is 19.0. The van der Waals surface area contributed by atoms with E-state index in [1.807, 2.05) is 0 Å². The fourth-order valence-corrected chi connectivity index (χ4v) is 5.61. The largest absolute Gasteiger partial charge is 0.366 e. The SMILES string of the molecule is B(c1cc2ncc(C3CCCCCCCCC3)cc2[nH]1)C1CCCCCCC1. The van der Waals surface area contributed by atoms with Crippen LogP contribution in [0.2, 0.25) is 5.82 Å². The molecule has 0 aromatic carbocycles. The number of aromatic nitrogens is 2. The van der Waals surface area contributed by atoms with Gasteiger partial charge in [0.15, 0.2) is 7.28 Å². The number of nitrogens with zero attached hydrogens (tertiary/aromatic N) is 1. The first-order chi connectivity index (χ1) is 13.9. The number of rotatable bonds is 3. The second-order valence-electron chi connectivity index (χ2n) is 9.66. The summed E-state index contributed by atoms with van der Waals surface area (Å²) in [5.74, 6) is 1.58. The lowest BCUT2D eigenvalue weighted by molar-refractivity contribution is 0.462. The Bertz CT molecular complexity index is 704. The minimum atomic E-state index is 0.715. The third kappa shape index (κ3) is 5.64. The molecular weight excluding hydrogens is 339 g/mol. The van der Waals surface area contributed by atoms with Crippen molar-refractivity contribution in [3.8, 4) is 0 Å². The van der Waals surface area contributed by atoms with E-state index in [0.29, 0.717) is 5.92 Å². The van der Waals surface area contributed by atoms with Gasteiger partial charge in [-0.15, -0.1) is 0 Å². The van der Waals surface area contributed by atoms with E-state index >= 15 is 0 Å². The summed E-state index contributed by atoms with van der Waals surface area (Å²) in [6.45, 7) is 0. The van der Waals surface area contributed by atoms with Crippen LogP contribution in [-0.2, 0) is 0 Å². The van der Waals surface area contributed by atoms with Crippen molar-refractivity contribution in [3.63, 3.8) is 0 Å². The Morgan fingerprint density at radius 2 is 1.29 bits per heavy atom. The molecule has 3 heteroatoms. The Hall–Kier alpha value is -1.25. The molecule has 0 saturated heterocycles. The van der Waals surface area contributed by atoms with E-state index in [9.17, 15) is 0 Å². The Morgan fingerprint density at radius 1 is 0.714 bits per heavy atom. The molecule has 2 aliphatic carbocycles. The van der Waals surface area contributed by atoms with E-state index in [4.69, 9.17) is 4.98 Å². The van der Waals surface area contributed by atoms with Crippen molar-refractivity contribution in [1.82, 2.24) is 9.97 Å². The highest BCUT2D eigenvalue weighted by atomic mass is 14.8. The number of aromatic amines is 1. The maximum absolute atomic E-state index is 4.87. The van der Waals surface area contributed by atoms with Gasteiger partial charge < -0.3 is 4.98 Å². The van der Waals surface area contributed by atoms with Crippen molar-refractivity contribution in [2.24, 2.45) is 0 Å². The van der Waals surface area contributed by atoms with Gasteiger partial charge in [-0.25, -0.2) is 0 Å². The molecule has 2 heterocycles. The molecule has 1 N–H and O–H groups in total. The Morgan fingerprint density at radius 3 is 1.93 bits per heavy atom. The molecule has 4 rings (SSSR count). The van der Waals surface area contributed by atoms with Crippen molar-refractivity contribution in [2.45, 2.75) is 114 Å². The van der Waals surface area contributed by atoms with E-state index in [-0.39, 0.29) is 0 Å². The molecule has 2 fully saturated rings. The molecule has 152 valence electrons. The fraction of sp³-hybridized carbons (Fsp3) is 0.720. The zero-order valence-corrected chi connectivity index (χ0v) is 17.9. The highest BCUT2D eigenvalue weighted by Crippen LogP contribution is 2.31. The lowest BCUT2D eigenvalue weighted by Gasteiger charge is -2.18. The zero-order valence-electron chi connectivity index (χ0n) is 17.9. The average Bonchev–Trinajstić information content (AvgIpc) is 3.09. The molecule has 0 amide bonds. The number of pyridine rings is 1. The van der Waals surface area contributed by atoms with Crippen molar-refractivity contribution >= 4 is 23.9 Å². The van der Waals surface area contributed by atoms with Gasteiger partial charge in [0.05, 0.1) is 11.0 Å². The maximum atomic E-state index is 4.87. The van der Waals surface area contributed by atoms with Crippen LogP contribution in [0.25, 0.3) is 11.0 Å². The van der Waals surface area contributed by atoms with Crippen LogP contribution >= 0.6 is 0 Å². The summed E-state index contributed by atoms with van der Waals surface area (Å²) >= 11 is 0. The topological polar surface area (TPSA) is 28.7 Å². The number of nitrogens with one attached hydrogen (secondary N) is 1. The highest BCUT2D eigenvalue weighted by Gasteiger charge is 2.17. The molecule has 2 saturated carbocycles. The maximum Gasteiger partial charge on any atom is 0.182 e. The van der Waals surface area contributed by atoms with Gasteiger partial charge in [0.1, 0.15) is 0 Å². The van der Waals surface area contributed by atoms with Gasteiger partial charge in [-0.1, -0.05) is 95.7 Å². The molecule has 2 nitrogen and oxygen atoms in total. The predicted molar refractivity (Wildman–Crippen MR) is 123 cm³/mol. The number of H-pyrrole nitrogens is 1. The van der Waals surface area contributed by atoms with Gasteiger partial charge in [0.25, 0.3) is 0 Å². The number of fused-ring (bicyclic) bond motifs is 1. The van der Waals surface area contributed by atoms with Crippen LogP contribution in [0.4, 0.5) is 0 Å². The number of hydrogen-bond acceptors (Lipinski definition) is 1. The quantitative estimate of drug-likeness (QED) is 0.587. The van der Waals surface area contributed by atoms with E-state index < -0.39 is 0 Å². The van der Waals surface area contributed by atoms with Crippen LogP contribution in [0, 0.1) is 0 Å². The summed E-state index contributed by atoms with van der Waals surface area (Å²) in [6, 6.07) is 4.76. The third-order valence-corrected chi connectivity index (χ3v) is 7.36. The molecule has 2 aromatic rings. The highest BCUT2D eigenvalue weighted by molar-refractivity contribution is 6.54. The first-order valence-corrected chi connectivity index (χ1v) is 12.4. The summed E-state index contributed by atoms with van der Waals surface area (Å²) in [7, 11) is 1.22. The lowest BCUT2D eigenvalue weighted by atomic mass is 9.58. The predicted octanol–water partition coefficient (Wildman–Crippen LogP) is 6.77. The lowest BCUT2D eigenvalue weighted by Crippen LogP contribution is -2.21. The van der Waals surface area contributed by atoms with Crippen LogP contribution in [0.1, 0.15) is 114 Å². The second kappa shape index (κ2) is 10.5. The summed E-state index contributed by atoms with van der Waals surface area (Å²) < 4.78 is 0. The van der Waals surface area contributed by atoms with Gasteiger partial charge in [-0.3, -0.25) is 4.98 Å². The molecule has 0 spiro atoms. The standard InChI is InChI=1S/C25H39BN2/c1-2-5-9-13-20(14-10-6-3-1)21-17-24-23(27-19-21)18-25(28-24)26-22-15-11-7-4-8-12-16-22/h17-20,22,26,28H,1-16H2. The average molecular weight is 378 g/mol. The molecule has 2 aliphatic rings. The second-order valence-corrected chi connectivity index (χ2v) is 9.66. The normalized spacial score (nSPS) is 21.9. The first kappa shape index (κ1) is 20.0. The molecule has 0 unspecified atom stereocenters. The van der Waals surface area contributed by atoms with Gasteiger partial charge in [0.2, 0.25) is 0 Å². The fourth-order valence-electron chi connectivity index (χ4n) is 5.61. The molecule has 2 aromatic heterocycles. The van der Waals surface area contributed by atoms with Crippen molar-refractivity contribution in [1.29, 1.82) is 0 Å². The van der Waals surface area contributed by atoms with Gasteiger partial charge in [-0.2, -0.15) is 0 Å².